The molecule has 1 heterocycles. The topological polar surface area (TPSA) is 86.0 Å². The van der Waals surface area contributed by atoms with Gasteiger partial charge < -0.3 is 25.3 Å². The molecular formula is C18H29N3O4. The molecule has 3 N–H and O–H groups in total. The minimum atomic E-state index is -0.0156. The van der Waals surface area contributed by atoms with E-state index in [1.165, 1.54) is 0 Å². The highest BCUT2D eigenvalue weighted by molar-refractivity contribution is 5.78. The summed E-state index contributed by atoms with van der Waals surface area (Å²) in [6, 6.07) is 3.58. The normalized spacial score (nSPS) is 20.4. The molecule has 1 aromatic rings. The molecule has 1 aliphatic heterocycles. The number of nitrogens with one attached hydrogen (secondary N) is 1. The first-order valence-electron chi connectivity index (χ1n) is 8.42. The molecule has 1 unspecified atom stereocenters. The predicted octanol–water partition coefficient (Wildman–Crippen LogP) is 0.999. The third-order valence-electron chi connectivity index (χ3n) is 4.76. The summed E-state index contributed by atoms with van der Waals surface area (Å²) in [6.07, 6.45) is 1.03. The van der Waals surface area contributed by atoms with Crippen molar-refractivity contribution >= 4 is 5.91 Å². The number of rotatable bonds is 8. The van der Waals surface area contributed by atoms with Crippen LogP contribution in [0.15, 0.2) is 12.1 Å². The third-order valence-corrected chi connectivity index (χ3v) is 4.76. The Balaban J connectivity index is 1.95. The monoisotopic (exact) mass is 351 g/mol. The summed E-state index contributed by atoms with van der Waals surface area (Å²) >= 11 is 0. The summed E-state index contributed by atoms with van der Waals surface area (Å²) in [5, 5.41) is 2.95. The van der Waals surface area contributed by atoms with Gasteiger partial charge >= 0.3 is 0 Å². The number of carbonyl (C=O) groups is 1. The van der Waals surface area contributed by atoms with Crippen molar-refractivity contribution in [2.45, 2.75) is 19.9 Å². The van der Waals surface area contributed by atoms with E-state index in [2.05, 4.69) is 17.1 Å². The van der Waals surface area contributed by atoms with E-state index in [1.54, 1.807) is 27.4 Å². The average Bonchev–Trinajstić information content (AvgIpc) is 3.00. The number of hydrogen-bond acceptors (Lipinski definition) is 6. The summed E-state index contributed by atoms with van der Waals surface area (Å²) in [5.74, 6) is 1.83. The maximum atomic E-state index is 12.3. The van der Waals surface area contributed by atoms with Crippen LogP contribution in [0.2, 0.25) is 0 Å². The lowest BCUT2D eigenvalue weighted by Gasteiger charge is -2.22. The molecule has 1 fully saturated rings. The van der Waals surface area contributed by atoms with Gasteiger partial charge in [0, 0.05) is 24.7 Å². The maximum Gasteiger partial charge on any atom is 0.234 e. The van der Waals surface area contributed by atoms with E-state index in [-0.39, 0.29) is 11.3 Å². The van der Waals surface area contributed by atoms with E-state index in [1.807, 2.05) is 6.07 Å². The van der Waals surface area contributed by atoms with Gasteiger partial charge in [0.15, 0.2) is 11.5 Å². The van der Waals surface area contributed by atoms with Gasteiger partial charge in [-0.2, -0.15) is 0 Å². The van der Waals surface area contributed by atoms with Gasteiger partial charge in [-0.05, 0) is 31.0 Å². The van der Waals surface area contributed by atoms with Crippen molar-refractivity contribution in [2.75, 3.05) is 47.5 Å². The van der Waals surface area contributed by atoms with E-state index in [4.69, 9.17) is 19.9 Å². The zero-order valence-electron chi connectivity index (χ0n) is 15.6. The molecule has 0 radical (unpaired) electrons. The fourth-order valence-corrected chi connectivity index (χ4v) is 3.11. The third kappa shape index (κ3) is 4.76. The first-order valence-corrected chi connectivity index (χ1v) is 8.42. The fraction of sp³-hybridized carbons (Fsp3) is 0.611. The molecular weight excluding hydrogens is 322 g/mol. The van der Waals surface area contributed by atoms with Crippen LogP contribution in [0.1, 0.15) is 18.9 Å². The summed E-state index contributed by atoms with van der Waals surface area (Å²) in [7, 11) is 4.74. The molecule has 0 saturated carbocycles. The standard InChI is InChI=1S/C18H29N3O4/c1-18(11-19)5-6-21(12-18)10-17(22)20-9-13-7-15(24-3)16(25-4)8-14(13)23-2/h7-8H,5-6,9-12,19H2,1-4H3,(H,20,22). The van der Waals surface area contributed by atoms with Crippen molar-refractivity contribution in [1.29, 1.82) is 0 Å². The van der Waals surface area contributed by atoms with Gasteiger partial charge in [-0.15, -0.1) is 0 Å². The molecule has 1 amide bonds. The van der Waals surface area contributed by atoms with Crippen LogP contribution in [0.25, 0.3) is 0 Å². The van der Waals surface area contributed by atoms with Gasteiger partial charge in [-0.25, -0.2) is 0 Å². The molecule has 0 spiro atoms. The molecule has 0 bridgehead atoms. The Hall–Kier alpha value is -1.99. The Morgan fingerprint density at radius 2 is 1.84 bits per heavy atom. The molecule has 7 nitrogen and oxygen atoms in total. The number of nitrogens with zero attached hydrogens (tertiary/aromatic N) is 1. The van der Waals surface area contributed by atoms with Gasteiger partial charge in [-0.1, -0.05) is 6.92 Å². The molecule has 140 valence electrons. The minimum Gasteiger partial charge on any atom is -0.496 e. The van der Waals surface area contributed by atoms with Gasteiger partial charge in [0.1, 0.15) is 5.75 Å². The fourth-order valence-electron chi connectivity index (χ4n) is 3.11. The van der Waals surface area contributed by atoms with Crippen LogP contribution < -0.4 is 25.3 Å². The molecule has 0 aliphatic carbocycles. The van der Waals surface area contributed by atoms with Crippen LogP contribution in [-0.4, -0.2) is 58.3 Å². The minimum absolute atomic E-state index is 0.0156. The molecule has 7 heteroatoms. The maximum absolute atomic E-state index is 12.3. The quantitative estimate of drug-likeness (QED) is 0.727. The average molecular weight is 351 g/mol. The van der Waals surface area contributed by atoms with Crippen LogP contribution in [0.5, 0.6) is 17.2 Å². The van der Waals surface area contributed by atoms with E-state index in [9.17, 15) is 4.79 Å². The van der Waals surface area contributed by atoms with Crippen molar-refractivity contribution < 1.29 is 19.0 Å². The summed E-state index contributed by atoms with van der Waals surface area (Å²) < 4.78 is 16.0. The van der Waals surface area contributed by atoms with Gasteiger partial charge in [-0.3, -0.25) is 9.69 Å². The van der Waals surface area contributed by atoms with Crippen molar-refractivity contribution in [3.05, 3.63) is 17.7 Å². The predicted molar refractivity (Wildman–Crippen MR) is 96.2 cm³/mol. The zero-order valence-corrected chi connectivity index (χ0v) is 15.6. The number of carbonyl (C=O) groups excluding carboxylic acids is 1. The van der Waals surface area contributed by atoms with Crippen molar-refractivity contribution in [2.24, 2.45) is 11.1 Å². The number of amides is 1. The van der Waals surface area contributed by atoms with Crippen molar-refractivity contribution in [3.8, 4) is 17.2 Å². The number of likely N-dealkylation sites (tertiary alicyclic amines) is 1. The summed E-state index contributed by atoms with van der Waals surface area (Å²) in [5.41, 5.74) is 6.77. The molecule has 1 aliphatic rings. The van der Waals surface area contributed by atoms with Crippen molar-refractivity contribution in [3.63, 3.8) is 0 Å². The lowest BCUT2D eigenvalue weighted by Crippen LogP contribution is -2.38. The van der Waals surface area contributed by atoms with Crippen LogP contribution in [0.3, 0.4) is 0 Å². The van der Waals surface area contributed by atoms with Gasteiger partial charge in [0.25, 0.3) is 0 Å². The molecule has 25 heavy (non-hydrogen) atoms. The molecule has 1 saturated heterocycles. The zero-order chi connectivity index (χ0) is 18.4. The van der Waals surface area contributed by atoms with E-state index in [0.717, 1.165) is 25.1 Å². The van der Waals surface area contributed by atoms with Gasteiger partial charge in [0.2, 0.25) is 5.91 Å². The Morgan fingerprint density at radius 3 is 2.40 bits per heavy atom. The Kier molecular flexibility index (Phi) is 6.50. The second-order valence-electron chi connectivity index (χ2n) is 6.77. The lowest BCUT2D eigenvalue weighted by molar-refractivity contribution is -0.122. The van der Waals surface area contributed by atoms with Crippen LogP contribution in [0.4, 0.5) is 0 Å². The number of nitrogens with two attached hydrogens (primary N) is 1. The first-order chi connectivity index (χ1) is 11.9. The highest BCUT2D eigenvalue weighted by atomic mass is 16.5. The number of ether oxygens (including phenoxy) is 3. The van der Waals surface area contributed by atoms with Gasteiger partial charge in [0.05, 0.1) is 27.9 Å². The SMILES string of the molecule is COc1cc(OC)c(OC)cc1CNC(=O)CN1CCC(C)(CN)C1. The Labute approximate surface area is 149 Å². The lowest BCUT2D eigenvalue weighted by atomic mass is 9.90. The molecule has 1 aromatic carbocycles. The number of methoxy groups -OCH3 is 3. The van der Waals surface area contributed by atoms with Crippen molar-refractivity contribution in [1.82, 2.24) is 10.2 Å². The first kappa shape index (κ1) is 19.3. The molecule has 0 aromatic heterocycles. The van der Waals surface area contributed by atoms with E-state index in [0.29, 0.717) is 36.9 Å². The Bertz CT molecular complexity index is 608. The molecule has 1 atom stereocenters. The highest BCUT2D eigenvalue weighted by Crippen LogP contribution is 2.34. The largest absolute Gasteiger partial charge is 0.496 e. The van der Waals surface area contributed by atoms with Crippen LogP contribution in [-0.2, 0) is 11.3 Å². The van der Waals surface area contributed by atoms with E-state index < -0.39 is 0 Å². The van der Waals surface area contributed by atoms with E-state index >= 15 is 0 Å². The van der Waals surface area contributed by atoms with Crippen LogP contribution in [0, 0.1) is 5.41 Å². The highest BCUT2D eigenvalue weighted by Gasteiger charge is 2.33. The summed E-state index contributed by atoms with van der Waals surface area (Å²) in [4.78, 5) is 14.4. The number of benzene rings is 1. The number of hydrogen-bond donors (Lipinski definition) is 2. The Morgan fingerprint density at radius 1 is 1.20 bits per heavy atom. The van der Waals surface area contributed by atoms with Crippen LogP contribution >= 0.6 is 0 Å². The second-order valence-corrected chi connectivity index (χ2v) is 6.77. The smallest absolute Gasteiger partial charge is 0.234 e. The second kappa shape index (κ2) is 8.40. The summed E-state index contributed by atoms with van der Waals surface area (Å²) in [6.45, 7) is 5.32. The molecule has 2 rings (SSSR count).